The van der Waals surface area contributed by atoms with E-state index >= 15 is 0 Å². The van der Waals surface area contributed by atoms with Crippen molar-refractivity contribution in [1.29, 1.82) is 0 Å². The van der Waals surface area contributed by atoms with Crippen LogP contribution in [0, 0.1) is 5.92 Å². The summed E-state index contributed by atoms with van der Waals surface area (Å²) in [6.07, 6.45) is 3.57. The molecule has 1 spiro atoms. The van der Waals surface area contributed by atoms with Crippen LogP contribution in [-0.2, 0) is 14.9 Å². The maximum atomic E-state index is 13.1. The van der Waals surface area contributed by atoms with Crippen molar-refractivity contribution in [3.05, 3.63) is 29.8 Å². The van der Waals surface area contributed by atoms with Crippen LogP contribution in [0.5, 0.6) is 0 Å². The predicted molar refractivity (Wildman–Crippen MR) is 89.5 cm³/mol. The van der Waals surface area contributed by atoms with Crippen molar-refractivity contribution in [2.75, 3.05) is 4.90 Å². The Kier molecular flexibility index (Phi) is 3.74. The fourth-order valence-corrected chi connectivity index (χ4v) is 3.68. The van der Waals surface area contributed by atoms with E-state index in [0.29, 0.717) is 11.6 Å². The van der Waals surface area contributed by atoms with Gasteiger partial charge in [0, 0.05) is 0 Å². The summed E-state index contributed by atoms with van der Waals surface area (Å²) in [6.45, 7) is 7.60. The van der Waals surface area contributed by atoms with E-state index < -0.39 is 17.1 Å². The minimum atomic E-state index is -0.618. The fourth-order valence-electron chi connectivity index (χ4n) is 3.68. The van der Waals surface area contributed by atoms with Gasteiger partial charge in [0.1, 0.15) is 5.60 Å². The summed E-state index contributed by atoms with van der Waals surface area (Å²) in [6, 6.07) is 7.65. The average Bonchev–Trinajstić information content (AvgIpc) is 3.13. The van der Waals surface area contributed by atoms with Crippen molar-refractivity contribution < 1.29 is 14.3 Å². The minimum Gasteiger partial charge on any atom is -0.443 e. The number of carbonyl (C=O) groups excluding carboxylic acids is 2. The number of unbranched alkanes of at least 4 members (excludes halogenated alkanes) is 1. The molecule has 23 heavy (non-hydrogen) atoms. The molecule has 1 aliphatic heterocycles. The molecule has 2 amide bonds. The van der Waals surface area contributed by atoms with Gasteiger partial charge in [-0.15, -0.1) is 0 Å². The first-order valence-electron chi connectivity index (χ1n) is 8.48. The van der Waals surface area contributed by atoms with Gasteiger partial charge in [0.05, 0.1) is 11.1 Å². The highest BCUT2D eigenvalue weighted by Crippen LogP contribution is 2.63. The second-order valence-electron chi connectivity index (χ2n) is 7.65. The number of benzene rings is 1. The molecule has 0 aromatic heterocycles. The van der Waals surface area contributed by atoms with E-state index in [0.717, 1.165) is 31.2 Å². The number of ether oxygens (including phenoxy) is 1. The number of anilines is 1. The largest absolute Gasteiger partial charge is 0.443 e. The van der Waals surface area contributed by atoms with Crippen LogP contribution in [0.2, 0.25) is 0 Å². The van der Waals surface area contributed by atoms with Crippen LogP contribution in [-0.4, -0.2) is 17.6 Å². The Morgan fingerprint density at radius 1 is 1.35 bits per heavy atom. The number of carbonyl (C=O) groups is 2. The van der Waals surface area contributed by atoms with E-state index in [2.05, 4.69) is 6.92 Å². The number of rotatable bonds is 3. The number of nitrogens with zero attached hydrogens (tertiary/aromatic N) is 1. The van der Waals surface area contributed by atoms with Crippen molar-refractivity contribution in [2.45, 2.75) is 64.4 Å². The zero-order valence-corrected chi connectivity index (χ0v) is 14.4. The molecule has 3 rings (SSSR count). The molecule has 124 valence electrons. The van der Waals surface area contributed by atoms with Gasteiger partial charge in [-0.25, -0.2) is 9.69 Å². The molecular formula is C19H25NO3. The molecule has 0 radical (unpaired) electrons. The summed E-state index contributed by atoms with van der Waals surface area (Å²) in [4.78, 5) is 26.9. The number of amides is 2. The molecule has 1 aromatic rings. The van der Waals surface area contributed by atoms with Gasteiger partial charge in [-0.3, -0.25) is 4.79 Å². The molecule has 1 aromatic carbocycles. The summed E-state index contributed by atoms with van der Waals surface area (Å²) >= 11 is 0. The van der Waals surface area contributed by atoms with Crippen LogP contribution in [0.4, 0.5) is 10.5 Å². The van der Waals surface area contributed by atoms with E-state index in [1.165, 1.54) is 4.90 Å². The second-order valence-corrected chi connectivity index (χ2v) is 7.65. The molecule has 0 N–H and O–H groups in total. The molecule has 4 heteroatoms. The number of para-hydroxylation sites is 1. The summed E-state index contributed by atoms with van der Waals surface area (Å²) in [5.74, 6) is 0.248. The Labute approximate surface area is 137 Å². The summed E-state index contributed by atoms with van der Waals surface area (Å²) in [5, 5.41) is 0. The molecule has 2 aliphatic rings. The quantitative estimate of drug-likeness (QED) is 0.829. The monoisotopic (exact) mass is 315 g/mol. The lowest BCUT2D eigenvalue weighted by atomic mass is 9.93. The van der Waals surface area contributed by atoms with Gasteiger partial charge in [0.25, 0.3) is 0 Å². The maximum absolute atomic E-state index is 13.1. The third kappa shape index (κ3) is 2.54. The van der Waals surface area contributed by atoms with Gasteiger partial charge in [0.2, 0.25) is 5.91 Å². The number of fused-ring (bicyclic) bond motifs is 2. The zero-order chi connectivity index (χ0) is 16.8. The van der Waals surface area contributed by atoms with Crippen LogP contribution in [0.15, 0.2) is 24.3 Å². The summed E-state index contributed by atoms with van der Waals surface area (Å²) < 4.78 is 5.45. The van der Waals surface area contributed by atoms with E-state index in [4.69, 9.17) is 4.74 Å². The van der Waals surface area contributed by atoms with Gasteiger partial charge >= 0.3 is 6.09 Å². The Balaban J connectivity index is 1.93. The van der Waals surface area contributed by atoms with Crippen molar-refractivity contribution in [3.63, 3.8) is 0 Å². The van der Waals surface area contributed by atoms with Gasteiger partial charge in [-0.2, -0.15) is 0 Å². The Hall–Kier alpha value is -1.84. The Bertz CT molecular complexity index is 646. The SMILES string of the molecule is CCCC[C@H]1C[C@]12C(=O)N(C(=O)OC(C)(C)C)c1ccccc12. The third-order valence-electron chi connectivity index (χ3n) is 4.80. The molecule has 0 saturated heterocycles. The first-order chi connectivity index (χ1) is 10.8. The lowest BCUT2D eigenvalue weighted by Crippen LogP contribution is -2.41. The van der Waals surface area contributed by atoms with Crippen LogP contribution >= 0.6 is 0 Å². The summed E-state index contributed by atoms with van der Waals surface area (Å²) in [5.41, 5.74) is 0.596. The van der Waals surface area contributed by atoms with Gasteiger partial charge in [-0.05, 0) is 51.2 Å². The van der Waals surface area contributed by atoms with Crippen LogP contribution in [0.3, 0.4) is 0 Å². The smallest absolute Gasteiger partial charge is 0.421 e. The first-order valence-corrected chi connectivity index (χ1v) is 8.48. The first kappa shape index (κ1) is 16.0. The Morgan fingerprint density at radius 3 is 2.70 bits per heavy atom. The molecule has 0 bridgehead atoms. The van der Waals surface area contributed by atoms with Crippen LogP contribution < -0.4 is 4.90 Å². The maximum Gasteiger partial charge on any atom is 0.421 e. The molecule has 4 nitrogen and oxygen atoms in total. The lowest BCUT2D eigenvalue weighted by molar-refractivity contribution is -0.120. The minimum absolute atomic E-state index is 0.103. The molecule has 0 unspecified atom stereocenters. The van der Waals surface area contributed by atoms with E-state index in [-0.39, 0.29) is 5.91 Å². The van der Waals surface area contributed by atoms with Gasteiger partial charge in [0.15, 0.2) is 0 Å². The standard InChI is InChI=1S/C19H25NO3/c1-5-6-9-13-12-19(13)14-10-7-8-11-15(14)20(16(19)21)17(22)23-18(2,3)4/h7-8,10-11,13H,5-6,9,12H2,1-4H3/t13-,19-/m0/s1. The topological polar surface area (TPSA) is 46.6 Å². The average molecular weight is 315 g/mol. The summed E-state index contributed by atoms with van der Waals surface area (Å²) in [7, 11) is 0. The number of hydrogen-bond acceptors (Lipinski definition) is 3. The molecule has 1 saturated carbocycles. The number of hydrogen-bond donors (Lipinski definition) is 0. The lowest BCUT2D eigenvalue weighted by Gasteiger charge is -2.24. The predicted octanol–water partition coefficient (Wildman–Crippen LogP) is 4.42. The normalized spacial score (nSPS) is 25.7. The fraction of sp³-hybridized carbons (Fsp3) is 0.579. The van der Waals surface area contributed by atoms with Gasteiger partial charge in [-0.1, -0.05) is 38.0 Å². The van der Waals surface area contributed by atoms with Crippen LogP contribution in [0.25, 0.3) is 0 Å². The van der Waals surface area contributed by atoms with Gasteiger partial charge < -0.3 is 4.74 Å². The van der Waals surface area contributed by atoms with Crippen LogP contribution in [0.1, 0.15) is 58.9 Å². The van der Waals surface area contributed by atoms with Crippen molar-refractivity contribution in [2.24, 2.45) is 5.92 Å². The van der Waals surface area contributed by atoms with Crippen molar-refractivity contribution in [1.82, 2.24) is 0 Å². The molecule has 1 aliphatic carbocycles. The molecule has 1 heterocycles. The highest BCUT2D eigenvalue weighted by Gasteiger charge is 2.67. The number of imide groups is 1. The molecule has 1 fully saturated rings. The Morgan fingerprint density at radius 2 is 2.04 bits per heavy atom. The van der Waals surface area contributed by atoms with E-state index in [9.17, 15) is 9.59 Å². The van der Waals surface area contributed by atoms with E-state index in [1.54, 1.807) is 0 Å². The molecular weight excluding hydrogens is 290 g/mol. The highest BCUT2D eigenvalue weighted by atomic mass is 16.6. The van der Waals surface area contributed by atoms with E-state index in [1.807, 2.05) is 45.0 Å². The van der Waals surface area contributed by atoms with Crippen molar-refractivity contribution >= 4 is 17.7 Å². The third-order valence-corrected chi connectivity index (χ3v) is 4.80. The molecule has 2 atom stereocenters. The zero-order valence-electron chi connectivity index (χ0n) is 14.4. The highest BCUT2D eigenvalue weighted by molar-refractivity contribution is 6.22. The van der Waals surface area contributed by atoms with Crippen molar-refractivity contribution in [3.8, 4) is 0 Å². The second kappa shape index (κ2) is 5.36.